The Labute approximate surface area is 130 Å². The minimum absolute atomic E-state index is 0.754. The first kappa shape index (κ1) is 12.6. The van der Waals surface area contributed by atoms with Gasteiger partial charge in [-0.1, -0.05) is 29.8 Å². The predicted molar refractivity (Wildman–Crippen MR) is 87.2 cm³/mol. The van der Waals surface area contributed by atoms with Crippen LogP contribution in [0.3, 0.4) is 0 Å². The maximum Gasteiger partial charge on any atom is 0.164 e. The molecule has 0 bridgehead atoms. The number of hydrogen-bond donors (Lipinski definition) is 0. The lowest BCUT2D eigenvalue weighted by molar-refractivity contribution is 1.08. The Bertz CT molecular complexity index is 912. The van der Waals surface area contributed by atoms with Crippen LogP contribution >= 0.6 is 22.9 Å². The van der Waals surface area contributed by atoms with Crippen molar-refractivity contribution in [3.8, 4) is 16.4 Å². The normalized spacial score (nSPS) is 11.1. The van der Waals surface area contributed by atoms with Gasteiger partial charge in [-0.15, -0.1) is 11.3 Å². The smallest absolute Gasteiger partial charge is 0.164 e. The Kier molecular flexibility index (Phi) is 2.98. The first-order valence-corrected chi connectivity index (χ1v) is 7.67. The van der Waals surface area contributed by atoms with Gasteiger partial charge in [-0.25, -0.2) is 9.97 Å². The number of thiophene rings is 1. The summed E-state index contributed by atoms with van der Waals surface area (Å²) in [5.41, 5.74) is 2.77. The van der Waals surface area contributed by atoms with Crippen LogP contribution in [0.4, 0.5) is 0 Å². The fourth-order valence-electron chi connectivity index (χ4n) is 2.33. The standard InChI is InChI=1S/C16H10ClN3S/c17-14-9-8-13(21-14)16-19-12-7-4-10-18-15(12)20(16)11-5-2-1-3-6-11/h1-10H. The zero-order valence-corrected chi connectivity index (χ0v) is 12.5. The summed E-state index contributed by atoms with van der Waals surface area (Å²) in [6.07, 6.45) is 1.79. The molecule has 21 heavy (non-hydrogen) atoms. The van der Waals surface area contributed by atoms with E-state index in [-0.39, 0.29) is 0 Å². The van der Waals surface area contributed by atoms with Crippen LogP contribution in [0.2, 0.25) is 4.34 Å². The van der Waals surface area contributed by atoms with E-state index < -0.39 is 0 Å². The summed E-state index contributed by atoms with van der Waals surface area (Å²) in [5.74, 6) is 0.867. The third-order valence-corrected chi connectivity index (χ3v) is 4.45. The molecule has 0 amide bonds. The first-order chi connectivity index (χ1) is 10.3. The van der Waals surface area contributed by atoms with E-state index in [0.29, 0.717) is 0 Å². The number of halogens is 1. The van der Waals surface area contributed by atoms with E-state index in [4.69, 9.17) is 16.6 Å². The highest BCUT2D eigenvalue weighted by Crippen LogP contribution is 2.33. The number of nitrogens with zero attached hydrogens (tertiary/aromatic N) is 3. The molecule has 0 unspecified atom stereocenters. The van der Waals surface area contributed by atoms with Gasteiger partial charge in [-0.3, -0.25) is 4.57 Å². The lowest BCUT2D eigenvalue weighted by atomic mass is 10.3. The average molecular weight is 312 g/mol. The van der Waals surface area contributed by atoms with Gasteiger partial charge in [0.25, 0.3) is 0 Å². The van der Waals surface area contributed by atoms with E-state index in [1.807, 2.05) is 42.5 Å². The van der Waals surface area contributed by atoms with E-state index in [2.05, 4.69) is 21.7 Å². The van der Waals surface area contributed by atoms with Crippen LogP contribution in [0.15, 0.2) is 60.8 Å². The topological polar surface area (TPSA) is 30.7 Å². The molecule has 4 aromatic rings. The van der Waals surface area contributed by atoms with Gasteiger partial charge in [-0.05, 0) is 36.4 Å². The summed E-state index contributed by atoms with van der Waals surface area (Å²) >= 11 is 7.59. The Morgan fingerprint density at radius 3 is 2.57 bits per heavy atom. The monoisotopic (exact) mass is 311 g/mol. The Balaban J connectivity index is 2.06. The van der Waals surface area contributed by atoms with E-state index in [0.717, 1.165) is 31.9 Å². The molecule has 5 heteroatoms. The second-order valence-corrected chi connectivity index (χ2v) is 6.27. The summed E-state index contributed by atoms with van der Waals surface area (Å²) in [7, 11) is 0. The third kappa shape index (κ3) is 2.13. The molecule has 0 radical (unpaired) electrons. The number of hydrogen-bond acceptors (Lipinski definition) is 3. The minimum Gasteiger partial charge on any atom is -0.276 e. The molecule has 0 fully saturated rings. The van der Waals surface area contributed by atoms with Crippen molar-refractivity contribution < 1.29 is 0 Å². The average Bonchev–Trinajstić information content (AvgIpc) is 3.11. The van der Waals surface area contributed by atoms with Crippen molar-refractivity contribution in [1.82, 2.24) is 14.5 Å². The molecular weight excluding hydrogens is 302 g/mol. The van der Waals surface area contributed by atoms with Crippen molar-refractivity contribution in [2.45, 2.75) is 0 Å². The van der Waals surface area contributed by atoms with Gasteiger partial charge in [0.15, 0.2) is 11.5 Å². The summed E-state index contributed by atoms with van der Waals surface area (Å²) < 4.78 is 2.82. The summed E-state index contributed by atoms with van der Waals surface area (Å²) in [4.78, 5) is 10.2. The lowest BCUT2D eigenvalue weighted by Crippen LogP contribution is -1.97. The molecule has 0 saturated carbocycles. The summed E-state index contributed by atoms with van der Waals surface area (Å²) in [6.45, 7) is 0. The molecule has 102 valence electrons. The largest absolute Gasteiger partial charge is 0.276 e. The minimum atomic E-state index is 0.754. The fourth-order valence-corrected chi connectivity index (χ4v) is 3.36. The van der Waals surface area contributed by atoms with Gasteiger partial charge in [0.2, 0.25) is 0 Å². The van der Waals surface area contributed by atoms with Crippen LogP contribution < -0.4 is 0 Å². The predicted octanol–water partition coefficient (Wildman–Crippen LogP) is 4.80. The van der Waals surface area contributed by atoms with E-state index >= 15 is 0 Å². The van der Waals surface area contributed by atoms with Gasteiger partial charge in [0.05, 0.1) is 9.21 Å². The Morgan fingerprint density at radius 2 is 1.81 bits per heavy atom. The molecule has 0 aliphatic rings. The van der Waals surface area contributed by atoms with E-state index in [1.165, 1.54) is 11.3 Å². The SMILES string of the molecule is Clc1ccc(-c2nc3cccnc3n2-c2ccccc2)s1. The maximum atomic E-state index is 6.07. The summed E-state index contributed by atoms with van der Waals surface area (Å²) in [5, 5.41) is 0. The van der Waals surface area contributed by atoms with Crippen molar-refractivity contribution in [1.29, 1.82) is 0 Å². The number of imidazole rings is 1. The van der Waals surface area contributed by atoms with Crippen molar-refractivity contribution in [2.24, 2.45) is 0 Å². The highest BCUT2D eigenvalue weighted by molar-refractivity contribution is 7.19. The highest BCUT2D eigenvalue weighted by atomic mass is 35.5. The number of fused-ring (bicyclic) bond motifs is 1. The van der Waals surface area contributed by atoms with Gasteiger partial charge in [0, 0.05) is 11.9 Å². The van der Waals surface area contributed by atoms with Crippen LogP contribution in [0.25, 0.3) is 27.6 Å². The molecule has 0 atom stereocenters. The zero-order valence-electron chi connectivity index (χ0n) is 10.9. The van der Waals surface area contributed by atoms with Gasteiger partial charge >= 0.3 is 0 Å². The molecule has 0 saturated heterocycles. The van der Waals surface area contributed by atoms with E-state index in [9.17, 15) is 0 Å². The maximum absolute atomic E-state index is 6.07. The van der Waals surface area contributed by atoms with Gasteiger partial charge < -0.3 is 0 Å². The number of rotatable bonds is 2. The molecule has 3 aromatic heterocycles. The molecule has 0 spiro atoms. The third-order valence-electron chi connectivity index (χ3n) is 3.22. The number of aromatic nitrogens is 3. The zero-order chi connectivity index (χ0) is 14.2. The molecule has 1 aromatic carbocycles. The Morgan fingerprint density at radius 1 is 0.952 bits per heavy atom. The summed E-state index contributed by atoms with van der Waals surface area (Å²) in [6, 6.07) is 17.9. The number of pyridine rings is 1. The van der Waals surface area contributed by atoms with Crippen molar-refractivity contribution >= 4 is 34.1 Å². The van der Waals surface area contributed by atoms with Crippen LogP contribution in [0.5, 0.6) is 0 Å². The molecule has 0 aliphatic carbocycles. The molecule has 0 aliphatic heterocycles. The molecule has 3 nitrogen and oxygen atoms in total. The molecular formula is C16H10ClN3S. The first-order valence-electron chi connectivity index (χ1n) is 6.47. The Hall–Kier alpha value is -2.17. The van der Waals surface area contributed by atoms with Crippen LogP contribution in [-0.4, -0.2) is 14.5 Å². The quantitative estimate of drug-likeness (QED) is 0.532. The van der Waals surface area contributed by atoms with Crippen molar-refractivity contribution in [2.75, 3.05) is 0 Å². The number of para-hydroxylation sites is 1. The van der Waals surface area contributed by atoms with Crippen molar-refractivity contribution in [3.63, 3.8) is 0 Å². The molecule has 4 rings (SSSR count). The fraction of sp³-hybridized carbons (Fsp3) is 0. The van der Waals surface area contributed by atoms with Crippen LogP contribution in [-0.2, 0) is 0 Å². The van der Waals surface area contributed by atoms with Gasteiger partial charge in [-0.2, -0.15) is 0 Å². The molecule has 3 heterocycles. The van der Waals surface area contributed by atoms with E-state index in [1.54, 1.807) is 6.20 Å². The van der Waals surface area contributed by atoms with Crippen molar-refractivity contribution in [3.05, 3.63) is 65.1 Å². The lowest BCUT2D eigenvalue weighted by Gasteiger charge is -2.07. The van der Waals surface area contributed by atoms with Gasteiger partial charge in [0.1, 0.15) is 5.52 Å². The number of benzene rings is 1. The highest BCUT2D eigenvalue weighted by Gasteiger charge is 2.16. The molecule has 0 N–H and O–H groups in total. The second-order valence-electron chi connectivity index (χ2n) is 4.56. The van der Waals surface area contributed by atoms with Crippen LogP contribution in [0, 0.1) is 0 Å². The van der Waals surface area contributed by atoms with Crippen LogP contribution in [0.1, 0.15) is 0 Å². The second kappa shape index (κ2) is 4.98.